The summed E-state index contributed by atoms with van der Waals surface area (Å²) in [5.41, 5.74) is -0.0423. The molecule has 2 fully saturated rings. The third-order valence-electron chi connectivity index (χ3n) is 6.62. The summed E-state index contributed by atoms with van der Waals surface area (Å²) < 4.78 is 43.7. The van der Waals surface area contributed by atoms with E-state index in [0.29, 0.717) is 35.4 Å². The van der Waals surface area contributed by atoms with Gasteiger partial charge >= 0.3 is 5.97 Å². The zero-order valence-electron chi connectivity index (χ0n) is 17.2. The van der Waals surface area contributed by atoms with Crippen LogP contribution >= 0.6 is 11.6 Å². The molecule has 0 spiro atoms. The number of rotatable bonds is 7. The number of carbonyl (C=O) groups is 2. The van der Waals surface area contributed by atoms with Gasteiger partial charge in [-0.2, -0.15) is 0 Å². The number of hydrogen-bond donors (Lipinski definition) is 2. The standard InChI is InChI=1S/C24H23ClF3NO3/c25-16-6-4-15(5-7-16)20(17-2-1-9-24(17,27)28)21(30)29-19-12-14(3-8-18(19)26)13-23(10-11-23)22(31)32/h3-8,12,17,20H,1-2,9-11,13H2,(H,29,30)(H,31,32)/t17?,20-/m0/s1. The van der Waals surface area contributed by atoms with Gasteiger partial charge in [-0.05, 0) is 67.5 Å². The van der Waals surface area contributed by atoms with E-state index in [1.54, 1.807) is 0 Å². The molecule has 4 nitrogen and oxygen atoms in total. The zero-order valence-corrected chi connectivity index (χ0v) is 18.0. The van der Waals surface area contributed by atoms with Crippen LogP contribution in [0, 0.1) is 17.2 Å². The summed E-state index contributed by atoms with van der Waals surface area (Å²) in [7, 11) is 0. The number of carboxylic acid groups (broad SMARTS) is 1. The Hall–Kier alpha value is -2.54. The van der Waals surface area contributed by atoms with Crippen molar-refractivity contribution in [2.45, 2.75) is 50.4 Å². The molecule has 32 heavy (non-hydrogen) atoms. The molecule has 170 valence electrons. The number of alkyl halides is 2. The van der Waals surface area contributed by atoms with Gasteiger partial charge in [-0.15, -0.1) is 0 Å². The second-order valence-electron chi connectivity index (χ2n) is 8.85. The molecular formula is C24H23ClF3NO3. The van der Waals surface area contributed by atoms with Gasteiger partial charge in [-0.3, -0.25) is 9.59 Å². The van der Waals surface area contributed by atoms with E-state index in [9.17, 15) is 27.9 Å². The predicted molar refractivity (Wildman–Crippen MR) is 115 cm³/mol. The Morgan fingerprint density at radius 1 is 1.12 bits per heavy atom. The number of benzene rings is 2. The number of nitrogens with one attached hydrogen (secondary N) is 1. The molecule has 2 aromatic rings. The summed E-state index contributed by atoms with van der Waals surface area (Å²) in [5, 5.41) is 12.3. The average Bonchev–Trinajstić information content (AvgIpc) is 3.44. The molecule has 2 N–H and O–H groups in total. The fraction of sp³-hybridized carbons (Fsp3) is 0.417. The molecule has 0 bridgehead atoms. The first-order valence-electron chi connectivity index (χ1n) is 10.6. The number of aliphatic carboxylic acids is 1. The van der Waals surface area contributed by atoms with Gasteiger partial charge in [-0.1, -0.05) is 29.8 Å². The first-order valence-corrected chi connectivity index (χ1v) is 11.0. The van der Waals surface area contributed by atoms with Gasteiger partial charge in [0.15, 0.2) is 0 Å². The van der Waals surface area contributed by atoms with Crippen LogP contribution < -0.4 is 5.32 Å². The van der Waals surface area contributed by atoms with Crippen molar-refractivity contribution >= 4 is 29.2 Å². The number of anilines is 1. The first-order chi connectivity index (χ1) is 15.1. The van der Waals surface area contributed by atoms with E-state index in [4.69, 9.17) is 11.6 Å². The smallest absolute Gasteiger partial charge is 0.309 e. The summed E-state index contributed by atoms with van der Waals surface area (Å²) in [4.78, 5) is 24.7. The Balaban J connectivity index is 1.61. The first kappa shape index (κ1) is 22.6. The van der Waals surface area contributed by atoms with E-state index in [1.807, 2.05) is 0 Å². The normalized spacial score (nSPS) is 21.7. The summed E-state index contributed by atoms with van der Waals surface area (Å²) in [6, 6.07) is 10.2. The molecule has 2 saturated carbocycles. The maximum atomic E-state index is 14.6. The van der Waals surface area contributed by atoms with E-state index < -0.39 is 40.9 Å². The molecule has 2 aliphatic carbocycles. The Morgan fingerprint density at radius 3 is 2.38 bits per heavy atom. The van der Waals surface area contributed by atoms with Crippen LogP contribution in [0.3, 0.4) is 0 Å². The van der Waals surface area contributed by atoms with E-state index in [1.165, 1.54) is 36.4 Å². The highest BCUT2D eigenvalue weighted by Gasteiger charge is 2.51. The van der Waals surface area contributed by atoms with Gasteiger partial charge in [0.25, 0.3) is 5.92 Å². The minimum atomic E-state index is -3.01. The fourth-order valence-corrected chi connectivity index (χ4v) is 4.72. The van der Waals surface area contributed by atoms with Crippen molar-refractivity contribution in [3.8, 4) is 0 Å². The molecule has 8 heteroatoms. The van der Waals surface area contributed by atoms with Crippen molar-refractivity contribution in [3.63, 3.8) is 0 Å². The Morgan fingerprint density at radius 2 is 1.81 bits per heavy atom. The maximum absolute atomic E-state index is 14.6. The summed E-state index contributed by atoms with van der Waals surface area (Å²) in [5.74, 6) is -7.75. The minimum Gasteiger partial charge on any atom is -0.481 e. The second kappa shape index (κ2) is 8.43. The fourth-order valence-electron chi connectivity index (χ4n) is 4.60. The van der Waals surface area contributed by atoms with Crippen molar-refractivity contribution in [2.75, 3.05) is 5.32 Å². The molecule has 0 heterocycles. The molecule has 4 rings (SSSR count). The topological polar surface area (TPSA) is 66.4 Å². The molecule has 2 aromatic carbocycles. The van der Waals surface area contributed by atoms with Gasteiger partial charge in [0.1, 0.15) is 5.82 Å². The Labute approximate surface area is 188 Å². The molecular weight excluding hydrogens is 443 g/mol. The van der Waals surface area contributed by atoms with E-state index in [-0.39, 0.29) is 24.9 Å². The number of carboxylic acids is 1. The summed E-state index contributed by atoms with van der Waals surface area (Å²) >= 11 is 5.92. The van der Waals surface area contributed by atoms with E-state index in [0.717, 1.165) is 6.07 Å². The SMILES string of the molecule is O=C(Nc1cc(CC2(C(=O)O)CC2)ccc1F)[C@@H](c1ccc(Cl)cc1)C1CCCC1(F)F. The van der Waals surface area contributed by atoms with Crippen LogP contribution in [-0.2, 0) is 16.0 Å². The summed E-state index contributed by atoms with van der Waals surface area (Å²) in [6.07, 6.45) is 1.48. The largest absolute Gasteiger partial charge is 0.481 e. The van der Waals surface area contributed by atoms with Crippen LogP contribution in [0.2, 0.25) is 5.02 Å². The lowest BCUT2D eigenvalue weighted by molar-refractivity contribution is -0.143. The summed E-state index contributed by atoms with van der Waals surface area (Å²) in [6.45, 7) is 0. The van der Waals surface area contributed by atoms with Gasteiger partial charge in [0, 0.05) is 17.4 Å². The minimum absolute atomic E-state index is 0.144. The van der Waals surface area contributed by atoms with Crippen LogP contribution in [-0.4, -0.2) is 22.9 Å². The van der Waals surface area contributed by atoms with Crippen LogP contribution in [0.25, 0.3) is 0 Å². The number of carbonyl (C=O) groups excluding carboxylic acids is 1. The second-order valence-corrected chi connectivity index (χ2v) is 9.29. The van der Waals surface area contributed by atoms with Gasteiger partial charge < -0.3 is 10.4 Å². The molecule has 0 radical (unpaired) electrons. The van der Waals surface area contributed by atoms with Crippen molar-refractivity contribution in [1.29, 1.82) is 0 Å². The van der Waals surface area contributed by atoms with Crippen molar-refractivity contribution in [3.05, 3.63) is 64.4 Å². The number of hydrogen-bond acceptors (Lipinski definition) is 2. The molecule has 0 saturated heterocycles. The highest BCUT2D eigenvalue weighted by molar-refractivity contribution is 6.30. The number of halogens is 4. The van der Waals surface area contributed by atoms with Gasteiger partial charge in [0.05, 0.1) is 17.0 Å². The highest BCUT2D eigenvalue weighted by Crippen LogP contribution is 2.49. The number of amides is 1. The van der Waals surface area contributed by atoms with Crippen LogP contribution in [0.15, 0.2) is 42.5 Å². The molecule has 2 atom stereocenters. The van der Waals surface area contributed by atoms with Crippen molar-refractivity contribution < 1.29 is 27.9 Å². The predicted octanol–water partition coefficient (Wildman–Crippen LogP) is 6.04. The van der Waals surface area contributed by atoms with E-state index >= 15 is 0 Å². The third kappa shape index (κ3) is 4.49. The molecule has 0 aliphatic heterocycles. The molecule has 0 aromatic heterocycles. The lowest BCUT2D eigenvalue weighted by Gasteiger charge is -2.28. The van der Waals surface area contributed by atoms with Gasteiger partial charge in [0.2, 0.25) is 5.91 Å². The lowest BCUT2D eigenvalue weighted by atomic mass is 9.82. The maximum Gasteiger partial charge on any atom is 0.309 e. The van der Waals surface area contributed by atoms with Gasteiger partial charge in [-0.25, -0.2) is 13.2 Å². The van der Waals surface area contributed by atoms with Crippen LogP contribution in [0.1, 0.15) is 49.1 Å². The molecule has 2 aliphatic rings. The van der Waals surface area contributed by atoms with Crippen LogP contribution in [0.5, 0.6) is 0 Å². The average molecular weight is 466 g/mol. The van der Waals surface area contributed by atoms with Crippen LogP contribution in [0.4, 0.5) is 18.9 Å². The third-order valence-corrected chi connectivity index (χ3v) is 6.87. The molecule has 1 amide bonds. The lowest BCUT2D eigenvalue weighted by Crippen LogP contribution is -2.35. The molecule has 1 unspecified atom stereocenters. The quantitative estimate of drug-likeness (QED) is 0.523. The van der Waals surface area contributed by atoms with E-state index in [2.05, 4.69) is 5.32 Å². The Bertz CT molecular complexity index is 1040. The van der Waals surface area contributed by atoms with Crippen molar-refractivity contribution in [1.82, 2.24) is 0 Å². The highest BCUT2D eigenvalue weighted by atomic mass is 35.5. The monoisotopic (exact) mass is 465 g/mol. The zero-order chi connectivity index (χ0) is 23.1. The Kier molecular flexibility index (Phi) is 5.96. The van der Waals surface area contributed by atoms with Crippen molar-refractivity contribution in [2.24, 2.45) is 11.3 Å².